The topological polar surface area (TPSA) is 84.6 Å². The van der Waals surface area contributed by atoms with Crippen LogP contribution in [0.5, 0.6) is 5.88 Å². The molecule has 1 aromatic heterocycles. The Morgan fingerprint density at radius 2 is 2.09 bits per heavy atom. The third kappa shape index (κ3) is 5.79. The number of ether oxygens (including phenoxy) is 1. The highest BCUT2D eigenvalue weighted by molar-refractivity contribution is 5.76. The van der Waals surface area contributed by atoms with Gasteiger partial charge in [-0.25, -0.2) is 0 Å². The van der Waals surface area contributed by atoms with Crippen molar-refractivity contribution in [3.05, 3.63) is 23.9 Å². The lowest BCUT2D eigenvalue weighted by molar-refractivity contribution is -0.148. The summed E-state index contributed by atoms with van der Waals surface area (Å²) in [6, 6.07) is 0. The van der Waals surface area contributed by atoms with E-state index in [2.05, 4.69) is 11.9 Å². The van der Waals surface area contributed by atoms with Crippen LogP contribution in [0.4, 0.5) is 0 Å². The van der Waals surface area contributed by atoms with Crippen LogP contribution in [0, 0.1) is 5.41 Å². The van der Waals surface area contributed by atoms with Gasteiger partial charge in [0, 0.05) is 12.8 Å². The second-order valence-corrected chi connectivity index (χ2v) is 6.33. The van der Waals surface area contributed by atoms with E-state index in [0.29, 0.717) is 12.2 Å². The van der Waals surface area contributed by atoms with Crippen LogP contribution in [0.25, 0.3) is 0 Å². The summed E-state index contributed by atoms with van der Waals surface area (Å²) in [5.74, 6) is 0.337. The molecule has 0 spiro atoms. The van der Waals surface area contributed by atoms with Gasteiger partial charge in [0.2, 0.25) is 5.88 Å². The molecular weight excluding hydrogens is 284 g/mol. The van der Waals surface area contributed by atoms with E-state index in [1.54, 1.807) is 26.8 Å². The van der Waals surface area contributed by atoms with Crippen molar-refractivity contribution in [3.8, 4) is 5.88 Å². The number of aromatic nitrogens is 2. The number of carbonyl (C=O) groups excluding carboxylic acids is 1. The molecule has 124 valence electrons. The molecule has 0 aromatic carbocycles. The first-order valence-corrected chi connectivity index (χ1v) is 7.61. The van der Waals surface area contributed by atoms with Crippen molar-refractivity contribution in [2.75, 3.05) is 0 Å². The normalized spacial score (nSPS) is 12.5. The molecule has 0 amide bonds. The van der Waals surface area contributed by atoms with Crippen LogP contribution in [-0.2, 0) is 16.0 Å². The Morgan fingerprint density at radius 3 is 2.59 bits per heavy atom. The Bertz CT molecular complexity index is 527. The highest BCUT2D eigenvalue weighted by Crippen LogP contribution is 2.20. The fourth-order valence-electron chi connectivity index (χ4n) is 1.76. The SMILES string of the molecule is CCCCCC(=CCc1nc(O)cn1O)OC(=O)C(C)(C)C. The highest BCUT2D eigenvalue weighted by atomic mass is 16.5. The molecule has 0 saturated carbocycles. The quantitative estimate of drug-likeness (QED) is 0.349. The zero-order chi connectivity index (χ0) is 16.8. The molecule has 6 heteroatoms. The van der Waals surface area contributed by atoms with E-state index < -0.39 is 5.41 Å². The number of imidazole rings is 1. The third-order valence-electron chi connectivity index (χ3n) is 3.12. The second-order valence-electron chi connectivity index (χ2n) is 6.33. The highest BCUT2D eigenvalue weighted by Gasteiger charge is 2.24. The van der Waals surface area contributed by atoms with E-state index in [-0.39, 0.29) is 24.1 Å². The molecule has 0 fully saturated rings. The molecule has 1 heterocycles. The molecule has 22 heavy (non-hydrogen) atoms. The lowest BCUT2D eigenvalue weighted by Crippen LogP contribution is -2.22. The van der Waals surface area contributed by atoms with Crippen LogP contribution in [0.1, 0.15) is 59.2 Å². The molecule has 1 rings (SSSR count). The van der Waals surface area contributed by atoms with Crippen molar-refractivity contribution in [2.45, 2.75) is 59.8 Å². The minimum atomic E-state index is -0.572. The Labute approximate surface area is 131 Å². The molecular formula is C16H26N2O4. The average Bonchev–Trinajstić information content (AvgIpc) is 2.73. The zero-order valence-electron chi connectivity index (χ0n) is 13.8. The number of nitrogens with zero attached hydrogens (tertiary/aromatic N) is 2. The first-order chi connectivity index (χ1) is 10.2. The standard InChI is InChI=1S/C16H26N2O4/c1-5-6-7-8-12(22-15(20)16(2,3)4)9-10-13-17-14(19)11-18(13)21/h9,11,19,21H,5-8,10H2,1-4H3. The van der Waals surface area contributed by atoms with Gasteiger partial charge < -0.3 is 15.1 Å². The van der Waals surface area contributed by atoms with E-state index in [4.69, 9.17) is 4.74 Å². The maximum absolute atomic E-state index is 12.0. The summed E-state index contributed by atoms with van der Waals surface area (Å²) in [5, 5.41) is 18.8. The van der Waals surface area contributed by atoms with Gasteiger partial charge in [-0.15, -0.1) is 0 Å². The fraction of sp³-hybridized carbons (Fsp3) is 0.625. The second kappa shape index (κ2) is 7.87. The smallest absolute Gasteiger partial charge is 0.316 e. The number of carbonyl (C=O) groups is 1. The maximum Gasteiger partial charge on any atom is 0.316 e. The summed E-state index contributed by atoms with van der Waals surface area (Å²) in [6.45, 7) is 7.52. The van der Waals surface area contributed by atoms with Crippen molar-refractivity contribution >= 4 is 5.97 Å². The maximum atomic E-state index is 12.0. The van der Waals surface area contributed by atoms with Gasteiger partial charge in [-0.3, -0.25) is 4.79 Å². The van der Waals surface area contributed by atoms with E-state index in [9.17, 15) is 15.1 Å². The van der Waals surface area contributed by atoms with Crippen LogP contribution >= 0.6 is 0 Å². The van der Waals surface area contributed by atoms with Crippen LogP contribution < -0.4 is 0 Å². The molecule has 0 aliphatic heterocycles. The van der Waals surface area contributed by atoms with Gasteiger partial charge in [-0.2, -0.15) is 9.71 Å². The number of hydrogen-bond donors (Lipinski definition) is 2. The average molecular weight is 310 g/mol. The van der Waals surface area contributed by atoms with E-state index in [1.807, 2.05) is 0 Å². The monoisotopic (exact) mass is 310 g/mol. The molecule has 2 N–H and O–H groups in total. The minimum Gasteiger partial charge on any atom is -0.492 e. The van der Waals surface area contributed by atoms with Crippen LogP contribution in [0.2, 0.25) is 0 Å². The third-order valence-corrected chi connectivity index (χ3v) is 3.12. The summed E-state index contributed by atoms with van der Waals surface area (Å²) < 4.78 is 6.24. The summed E-state index contributed by atoms with van der Waals surface area (Å²) in [4.78, 5) is 15.8. The van der Waals surface area contributed by atoms with Gasteiger partial charge in [0.05, 0.1) is 5.41 Å². The number of allylic oxidation sites excluding steroid dienone is 2. The van der Waals surface area contributed by atoms with Crippen molar-refractivity contribution in [1.82, 2.24) is 9.71 Å². The van der Waals surface area contributed by atoms with Crippen molar-refractivity contribution in [1.29, 1.82) is 0 Å². The molecule has 0 bridgehead atoms. The molecule has 6 nitrogen and oxygen atoms in total. The first-order valence-electron chi connectivity index (χ1n) is 7.61. The number of aromatic hydroxyl groups is 1. The summed E-state index contributed by atoms with van der Waals surface area (Å²) in [6.07, 6.45) is 6.84. The Kier molecular flexibility index (Phi) is 6.46. The number of rotatable bonds is 7. The summed E-state index contributed by atoms with van der Waals surface area (Å²) in [7, 11) is 0. The van der Waals surface area contributed by atoms with Gasteiger partial charge in [0.1, 0.15) is 12.0 Å². The molecule has 0 aliphatic rings. The first kappa shape index (κ1) is 18.1. The van der Waals surface area contributed by atoms with E-state index >= 15 is 0 Å². The van der Waals surface area contributed by atoms with Crippen LogP contribution in [-0.4, -0.2) is 26.0 Å². The minimum absolute atomic E-state index is 0.245. The largest absolute Gasteiger partial charge is 0.492 e. The van der Waals surface area contributed by atoms with Crippen molar-refractivity contribution < 1.29 is 19.8 Å². The van der Waals surface area contributed by atoms with Gasteiger partial charge in [-0.1, -0.05) is 19.8 Å². The lowest BCUT2D eigenvalue weighted by Gasteiger charge is -2.18. The summed E-state index contributed by atoms with van der Waals surface area (Å²) in [5.41, 5.74) is -0.572. The molecule has 0 saturated heterocycles. The molecule has 0 unspecified atom stereocenters. The van der Waals surface area contributed by atoms with Gasteiger partial charge in [0.15, 0.2) is 5.82 Å². The Morgan fingerprint density at radius 1 is 1.41 bits per heavy atom. The Balaban J connectivity index is 2.77. The van der Waals surface area contributed by atoms with E-state index in [0.717, 1.165) is 30.2 Å². The molecule has 1 aromatic rings. The lowest BCUT2D eigenvalue weighted by atomic mass is 9.97. The zero-order valence-corrected chi connectivity index (χ0v) is 13.8. The van der Waals surface area contributed by atoms with Crippen molar-refractivity contribution in [2.24, 2.45) is 5.41 Å². The van der Waals surface area contributed by atoms with Crippen LogP contribution in [0.15, 0.2) is 18.0 Å². The number of esters is 1. The molecule has 0 radical (unpaired) electrons. The molecule has 0 atom stereocenters. The Hall–Kier alpha value is -1.98. The number of unbranched alkanes of at least 4 members (excludes halogenated alkanes) is 2. The predicted octanol–water partition coefficient (Wildman–Crippen LogP) is 3.42. The fourth-order valence-corrected chi connectivity index (χ4v) is 1.76. The van der Waals surface area contributed by atoms with E-state index in [1.165, 1.54) is 0 Å². The predicted molar refractivity (Wildman–Crippen MR) is 82.6 cm³/mol. The summed E-state index contributed by atoms with van der Waals surface area (Å²) >= 11 is 0. The molecule has 0 aliphatic carbocycles. The van der Waals surface area contributed by atoms with Crippen LogP contribution in [0.3, 0.4) is 0 Å². The van der Waals surface area contributed by atoms with Gasteiger partial charge in [0.25, 0.3) is 0 Å². The van der Waals surface area contributed by atoms with Gasteiger partial charge in [-0.05, 0) is 33.3 Å². The number of hydrogen-bond acceptors (Lipinski definition) is 5. The van der Waals surface area contributed by atoms with Crippen molar-refractivity contribution in [3.63, 3.8) is 0 Å². The van der Waals surface area contributed by atoms with Gasteiger partial charge >= 0.3 is 5.97 Å².